The lowest BCUT2D eigenvalue weighted by Gasteiger charge is -2.18. The molecule has 0 aliphatic rings. The van der Waals surface area contributed by atoms with Crippen LogP contribution in [0.5, 0.6) is 0 Å². The van der Waals surface area contributed by atoms with Crippen molar-refractivity contribution < 1.29 is 28.6 Å². The number of hydrogen-bond donors (Lipinski definition) is 0. The van der Waals surface area contributed by atoms with Gasteiger partial charge in [0.15, 0.2) is 6.10 Å². The molecule has 0 saturated heterocycles. The standard InChI is InChI=1S/C45H86O6/c1-6-8-9-23-32-37-45(48)51-42(38-49-43(46)35-30-26-21-17-12-10-11-15-19-24-28-33-40(3)4)39-50-44(47)36-31-27-22-18-14-13-16-20-25-29-34-41(5)7-2/h40-42H,6-39H2,1-5H3/t41?,42-/m1/s1. The summed E-state index contributed by atoms with van der Waals surface area (Å²) in [4.78, 5) is 37.4. The summed E-state index contributed by atoms with van der Waals surface area (Å²) in [5, 5.41) is 0. The fourth-order valence-corrected chi connectivity index (χ4v) is 6.54. The van der Waals surface area contributed by atoms with Gasteiger partial charge >= 0.3 is 17.9 Å². The Bertz CT molecular complexity index is 781. The maximum atomic E-state index is 12.5. The molecular formula is C45H86O6. The molecule has 1 unspecified atom stereocenters. The molecule has 0 aromatic carbocycles. The molecule has 0 rings (SSSR count). The van der Waals surface area contributed by atoms with Crippen LogP contribution in [0, 0.1) is 11.8 Å². The summed E-state index contributed by atoms with van der Waals surface area (Å²) in [6, 6.07) is 0. The van der Waals surface area contributed by atoms with E-state index in [0.29, 0.717) is 19.3 Å². The van der Waals surface area contributed by atoms with Gasteiger partial charge in [0.25, 0.3) is 0 Å². The van der Waals surface area contributed by atoms with E-state index in [0.717, 1.165) is 76.0 Å². The highest BCUT2D eigenvalue weighted by atomic mass is 16.6. The van der Waals surface area contributed by atoms with Crippen LogP contribution in [-0.2, 0) is 28.6 Å². The topological polar surface area (TPSA) is 78.9 Å². The molecule has 0 aliphatic carbocycles. The molecule has 0 saturated carbocycles. The minimum absolute atomic E-state index is 0.0664. The Hall–Kier alpha value is -1.59. The molecule has 0 amide bonds. The van der Waals surface area contributed by atoms with Crippen LogP contribution in [0.4, 0.5) is 0 Å². The summed E-state index contributed by atoms with van der Waals surface area (Å²) < 4.78 is 16.6. The first-order valence-corrected chi connectivity index (χ1v) is 22.3. The van der Waals surface area contributed by atoms with Crippen molar-refractivity contribution in [3.63, 3.8) is 0 Å². The summed E-state index contributed by atoms with van der Waals surface area (Å²) in [7, 11) is 0. The average molecular weight is 723 g/mol. The van der Waals surface area contributed by atoms with E-state index in [2.05, 4.69) is 34.6 Å². The molecule has 51 heavy (non-hydrogen) atoms. The van der Waals surface area contributed by atoms with E-state index in [4.69, 9.17) is 14.2 Å². The van der Waals surface area contributed by atoms with E-state index in [9.17, 15) is 14.4 Å². The first kappa shape index (κ1) is 49.4. The SMILES string of the molecule is CCCCCCCC(=O)O[C@H](COC(=O)CCCCCCCCCCCCCC(C)C)COC(=O)CCCCCCCCCCCCC(C)CC. The molecule has 0 aromatic rings. The smallest absolute Gasteiger partial charge is 0.306 e. The summed E-state index contributed by atoms with van der Waals surface area (Å²) in [5.41, 5.74) is 0. The molecule has 0 aliphatic heterocycles. The van der Waals surface area contributed by atoms with E-state index in [1.54, 1.807) is 0 Å². The highest BCUT2D eigenvalue weighted by molar-refractivity contribution is 5.71. The average Bonchev–Trinajstić information content (AvgIpc) is 3.11. The quantitative estimate of drug-likeness (QED) is 0.0357. The second-order valence-corrected chi connectivity index (χ2v) is 16.1. The lowest BCUT2D eigenvalue weighted by Crippen LogP contribution is -2.30. The molecule has 0 spiro atoms. The van der Waals surface area contributed by atoms with Crippen LogP contribution in [0.3, 0.4) is 0 Å². The minimum Gasteiger partial charge on any atom is -0.462 e. The van der Waals surface area contributed by atoms with Gasteiger partial charge in [0.05, 0.1) is 0 Å². The lowest BCUT2D eigenvalue weighted by molar-refractivity contribution is -0.167. The van der Waals surface area contributed by atoms with Gasteiger partial charge in [-0.05, 0) is 31.1 Å². The Morgan fingerprint density at radius 3 is 1.12 bits per heavy atom. The van der Waals surface area contributed by atoms with Crippen molar-refractivity contribution in [2.45, 2.75) is 246 Å². The normalized spacial score (nSPS) is 12.6. The molecule has 0 fully saturated rings. The molecule has 0 bridgehead atoms. The van der Waals surface area contributed by atoms with Crippen molar-refractivity contribution >= 4 is 17.9 Å². The zero-order valence-electron chi connectivity index (χ0n) is 34.7. The zero-order chi connectivity index (χ0) is 37.6. The monoisotopic (exact) mass is 723 g/mol. The van der Waals surface area contributed by atoms with Gasteiger partial charge in [-0.25, -0.2) is 0 Å². The van der Waals surface area contributed by atoms with Crippen LogP contribution in [0.15, 0.2) is 0 Å². The van der Waals surface area contributed by atoms with E-state index in [1.165, 1.54) is 122 Å². The Balaban J connectivity index is 4.16. The van der Waals surface area contributed by atoms with Gasteiger partial charge in [0, 0.05) is 19.3 Å². The first-order valence-electron chi connectivity index (χ1n) is 22.3. The summed E-state index contributed by atoms with van der Waals surface area (Å²) in [6.07, 6.45) is 35.4. The summed E-state index contributed by atoms with van der Waals surface area (Å²) in [5.74, 6) is 0.824. The Kier molecular flexibility index (Phi) is 37.0. The van der Waals surface area contributed by atoms with Gasteiger partial charge in [0.2, 0.25) is 0 Å². The van der Waals surface area contributed by atoms with Gasteiger partial charge in [0.1, 0.15) is 13.2 Å². The molecule has 6 heteroatoms. The molecule has 0 N–H and O–H groups in total. The van der Waals surface area contributed by atoms with E-state index >= 15 is 0 Å². The number of ether oxygens (including phenoxy) is 3. The van der Waals surface area contributed by atoms with E-state index < -0.39 is 6.10 Å². The molecular weight excluding hydrogens is 636 g/mol. The summed E-state index contributed by atoms with van der Waals surface area (Å²) in [6.45, 7) is 11.3. The number of hydrogen-bond acceptors (Lipinski definition) is 6. The maximum Gasteiger partial charge on any atom is 0.306 e. The van der Waals surface area contributed by atoms with Crippen molar-refractivity contribution in [2.75, 3.05) is 13.2 Å². The van der Waals surface area contributed by atoms with Gasteiger partial charge in [-0.2, -0.15) is 0 Å². The Morgan fingerprint density at radius 1 is 0.412 bits per heavy atom. The van der Waals surface area contributed by atoms with E-state index in [-0.39, 0.29) is 31.1 Å². The highest BCUT2D eigenvalue weighted by Crippen LogP contribution is 2.17. The molecule has 302 valence electrons. The van der Waals surface area contributed by atoms with Crippen LogP contribution < -0.4 is 0 Å². The Morgan fingerprint density at radius 2 is 0.745 bits per heavy atom. The van der Waals surface area contributed by atoms with Crippen LogP contribution in [0.2, 0.25) is 0 Å². The van der Waals surface area contributed by atoms with Crippen LogP contribution >= 0.6 is 0 Å². The second-order valence-electron chi connectivity index (χ2n) is 16.1. The van der Waals surface area contributed by atoms with Crippen molar-refractivity contribution in [3.05, 3.63) is 0 Å². The molecule has 0 aromatic heterocycles. The summed E-state index contributed by atoms with van der Waals surface area (Å²) >= 11 is 0. The molecule has 0 radical (unpaired) electrons. The number of rotatable bonds is 39. The predicted molar refractivity (Wildman–Crippen MR) is 215 cm³/mol. The molecule has 6 nitrogen and oxygen atoms in total. The highest BCUT2D eigenvalue weighted by Gasteiger charge is 2.19. The minimum atomic E-state index is -0.758. The zero-order valence-corrected chi connectivity index (χ0v) is 34.7. The molecule has 0 heterocycles. The fraction of sp³-hybridized carbons (Fsp3) is 0.933. The van der Waals surface area contributed by atoms with E-state index in [1.807, 2.05) is 0 Å². The fourth-order valence-electron chi connectivity index (χ4n) is 6.54. The van der Waals surface area contributed by atoms with Gasteiger partial charge < -0.3 is 14.2 Å². The third-order valence-corrected chi connectivity index (χ3v) is 10.3. The second kappa shape index (κ2) is 38.1. The van der Waals surface area contributed by atoms with Gasteiger partial charge in [-0.3, -0.25) is 14.4 Å². The van der Waals surface area contributed by atoms with Crippen molar-refractivity contribution in [2.24, 2.45) is 11.8 Å². The first-order chi connectivity index (χ1) is 24.8. The van der Waals surface area contributed by atoms with Crippen LogP contribution in [0.1, 0.15) is 240 Å². The lowest BCUT2D eigenvalue weighted by atomic mass is 9.99. The number of unbranched alkanes of at least 4 members (excludes halogenated alkanes) is 23. The van der Waals surface area contributed by atoms with Crippen molar-refractivity contribution in [1.82, 2.24) is 0 Å². The van der Waals surface area contributed by atoms with Crippen molar-refractivity contribution in [3.8, 4) is 0 Å². The van der Waals surface area contributed by atoms with Crippen LogP contribution in [-0.4, -0.2) is 37.2 Å². The number of esters is 3. The van der Waals surface area contributed by atoms with Crippen molar-refractivity contribution in [1.29, 1.82) is 0 Å². The van der Waals surface area contributed by atoms with Gasteiger partial charge in [-0.15, -0.1) is 0 Å². The largest absolute Gasteiger partial charge is 0.462 e. The van der Waals surface area contributed by atoms with Gasteiger partial charge in [-0.1, -0.05) is 202 Å². The predicted octanol–water partition coefficient (Wildman–Crippen LogP) is 13.8. The number of carbonyl (C=O) groups excluding carboxylic acids is 3. The molecule has 2 atom stereocenters. The Labute approximate surface area is 317 Å². The number of carbonyl (C=O) groups is 3. The van der Waals surface area contributed by atoms with Crippen LogP contribution in [0.25, 0.3) is 0 Å². The third kappa shape index (κ3) is 38.0. The third-order valence-electron chi connectivity index (χ3n) is 10.3. The maximum absolute atomic E-state index is 12.5.